The summed E-state index contributed by atoms with van der Waals surface area (Å²) in [4.78, 5) is 45.9. The lowest BCUT2D eigenvalue weighted by Gasteiger charge is -2.46. The molecule has 0 aliphatic carbocycles. The number of esters is 1. The van der Waals surface area contributed by atoms with Gasteiger partial charge in [-0.1, -0.05) is 52.8 Å². The van der Waals surface area contributed by atoms with Crippen LogP contribution in [0.2, 0.25) is 0 Å². The quantitative estimate of drug-likeness (QED) is 0.414. The molecule has 1 N–H and O–H groups in total. The summed E-state index contributed by atoms with van der Waals surface area (Å²) in [5.41, 5.74) is -0.463. The van der Waals surface area contributed by atoms with Gasteiger partial charge in [-0.15, -0.1) is 11.8 Å². The fraction of sp³-hybridized carbons (Fsp3) is 0.759. The zero-order valence-electron chi connectivity index (χ0n) is 23.6. The first kappa shape index (κ1) is 28.2. The second-order valence-electron chi connectivity index (χ2n) is 13.6. The topological polar surface area (TPSA) is 87.2 Å². The third-order valence-electron chi connectivity index (χ3n) is 8.29. The molecule has 7 nitrogen and oxygen atoms in total. The molecule has 0 aromatic rings. The molecule has 37 heavy (non-hydrogen) atoms. The van der Waals surface area contributed by atoms with Crippen molar-refractivity contribution in [2.24, 2.45) is 23.2 Å². The summed E-state index contributed by atoms with van der Waals surface area (Å²) in [6.45, 7) is 17.1. The van der Waals surface area contributed by atoms with Crippen LogP contribution in [0.5, 0.6) is 0 Å². The Morgan fingerprint density at radius 3 is 2.35 bits per heavy atom. The van der Waals surface area contributed by atoms with E-state index in [-0.39, 0.29) is 36.4 Å². The van der Waals surface area contributed by atoms with Gasteiger partial charge in [0, 0.05) is 16.8 Å². The van der Waals surface area contributed by atoms with E-state index >= 15 is 0 Å². The summed E-state index contributed by atoms with van der Waals surface area (Å²) in [5.74, 6) is -1.96. The van der Waals surface area contributed by atoms with Crippen molar-refractivity contribution in [2.75, 3.05) is 19.8 Å². The Labute approximate surface area is 226 Å². The molecule has 4 aliphatic rings. The molecular formula is C29H44N2O5S. The van der Waals surface area contributed by atoms with Crippen LogP contribution in [0.3, 0.4) is 0 Å². The van der Waals surface area contributed by atoms with Crippen molar-refractivity contribution in [1.29, 1.82) is 0 Å². The van der Waals surface area contributed by atoms with Crippen molar-refractivity contribution in [3.05, 3.63) is 24.3 Å². The van der Waals surface area contributed by atoms with E-state index < -0.39 is 44.9 Å². The van der Waals surface area contributed by atoms with Crippen molar-refractivity contribution in [2.45, 2.75) is 95.3 Å². The Bertz CT molecular complexity index is 1010. The summed E-state index contributed by atoms with van der Waals surface area (Å²) in [6, 6.07) is -1.32. The van der Waals surface area contributed by atoms with Gasteiger partial charge in [0.15, 0.2) is 0 Å². The van der Waals surface area contributed by atoms with Crippen molar-refractivity contribution >= 4 is 29.5 Å². The number of aliphatic hydroxyl groups excluding tert-OH is 1. The smallest absolute Gasteiger partial charge is 0.311 e. The predicted molar refractivity (Wildman–Crippen MR) is 146 cm³/mol. The maximum Gasteiger partial charge on any atom is 0.311 e. The van der Waals surface area contributed by atoms with Crippen LogP contribution in [0.4, 0.5) is 0 Å². The average Bonchev–Trinajstić information content (AvgIpc) is 3.01. The zero-order chi connectivity index (χ0) is 27.6. The van der Waals surface area contributed by atoms with Crippen molar-refractivity contribution < 1.29 is 24.2 Å². The number of cyclic esters (lactones) is 1. The predicted octanol–water partition coefficient (Wildman–Crippen LogP) is 3.81. The molecule has 4 heterocycles. The van der Waals surface area contributed by atoms with E-state index in [9.17, 15) is 19.5 Å². The highest BCUT2D eigenvalue weighted by Crippen LogP contribution is 2.66. The summed E-state index contributed by atoms with van der Waals surface area (Å²) in [5, 5.41) is 10.5. The number of fused-ring (bicyclic) bond motifs is 2. The molecular weight excluding hydrogens is 488 g/mol. The lowest BCUT2D eigenvalue weighted by molar-refractivity contribution is -0.153. The molecule has 2 amide bonds. The van der Waals surface area contributed by atoms with E-state index in [2.05, 4.69) is 34.6 Å². The minimum absolute atomic E-state index is 0.00614. The highest BCUT2D eigenvalue weighted by Gasteiger charge is 2.74. The van der Waals surface area contributed by atoms with E-state index in [0.717, 1.165) is 6.42 Å². The molecule has 4 aliphatic heterocycles. The summed E-state index contributed by atoms with van der Waals surface area (Å²) < 4.78 is 3.91. The Kier molecular flexibility index (Phi) is 7.20. The Morgan fingerprint density at radius 1 is 1.08 bits per heavy atom. The second-order valence-corrected chi connectivity index (χ2v) is 15.4. The molecule has 1 unspecified atom stereocenters. The Balaban J connectivity index is 1.88. The van der Waals surface area contributed by atoms with Crippen LogP contribution in [0, 0.1) is 23.2 Å². The van der Waals surface area contributed by atoms with Gasteiger partial charge in [0.2, 0.25) is 11.8 Å². The average molecular weight is 533 g/mol. The highest BCUT2D eigenvalue weighted by atomic mass is 32.2. The number of likely N-dealkylation sites (tertiary alicyclic amines) is 1. The van der Waals surface area contributed by atoms with Gasteiger partial charge >= 0.3 is 5.97 Å². The Morgan fingerprint density at radius 2 is 1.76 bits per heavy atom. The molecule has 4 rings (SSSR count). The van der Waals surface area contributed by atoms with Gasteiger partial charge in [0.1, 0.15) is 12.6 Å². The molecule has 0 saturated carbocycles. The van der Waals surface area contributed by atoms with E-state index in [0.29, 0.717) is 13.0 Å². The minimum atomic E-state index is -0.925. The van der Waals surface area contributed by atoms with Crippen molar-refractivity contribution in [3.63, 3.8) is 0 Å². The van der Waals surface area contributed by atoms with E-state index in [1.54, 1.807) is 16.7 Å². The number of hydrogen-bond acceptors (Lipinski definition) is 6. The standard InChI is InChI=1S/C29H44N2O5S/c1-18(2)15-19(16-32)31-22-24(34)30(27(6,7)17-26(3,4)5)13-9-12-29(22)20(23(31)33)21-25(35)36-14-10-11-28(21,8)37-29/h9-12,18-22,32H,13-17H2,1-8H3/t19-,20+,21-,22?,28+,29+/m1/s1. The van der Waals surface area contributed by atoms with Crippen LogP contribution in [0.1, 0.15) is 68.2 Å². The first-order chi connectivity index (χ1) is 17.1. The molecule has 2 fully saturated rings. The first-order valence-electron chi connectivity index (χ1n) is 13.5. The monoisotopic (exact) mass is 532 g/mol. The SMILES string of the molecule is CC(C)C[C@H](CO)N1C(=O)[C@@H]2[C@@H]3C(=O)OCC=C[C@]3(C)S[C@@]23C=CCN(C(C)(C)CC(C)(C)C)C(=O)C13. The second kappa shape index (κ2) is 9.44. The molecule has 206 valence electrons. The largest absolute Gasteiger partial charge is 0.461 e. The molecule has 0 aromatic carbocycles. The number of carbonyl (C=O) groups excluding carboxylic acids is 3. The number of ether oxygens (including phenoxy) is 1. The number of nitrogens with zero attached hydrogens (tertiary/aromatic N) is 2. The fourth-order valence-electron chi connectivity index (χ4n) is 7.45. The molecule has 8 heteroatoms. The minimum Gasteiger partial charge on any atom is -0.461 e. The normalized spacial score (nSPS) is 34.8. The molecule has 1 spiro atoms. The first-order valence-corrected chi connectivity index (χ1v) is 14.4. The number of rotatable bonds is 6. The third-order valence-corrected chi connectivity index (χ3v) is 10.1. The molecule has 2 saturated heterocycles. The number of hydrogen-bond donors (Lipinski definition) is 1. The Hall–Kier alpha value is -1.80. The van der Waals surface area contributed by atoms with Crippen LogP contribution in [-0.4, -0.2) is 79.6 Å². The van der Waals surface area contributed by atoms with E-state index in [1.165, 1.54) is 0 Å². The fourth-order valence-corrected chi connectivity index (χ4v) is 9.59. The molecule has 0 radical (unpaired) electrons. The third kappa shape index (κ3) is 4.66. The lowest BCUT2D eigenvalue weighted by atomic mass is 9.74. The van der Waals surface area contributed by atoms with Crippen molar-refractivity contribution in [3.8, 4) is 0 Å². The van der Waals surface area contributed by atoms with Gasteiger partial charge in [-0.2, -0.15) is 0 Å². The summed E-state index contributed by atoms with van der Waals surface area (Å²) >= 11 is 1.55. The van der Waals surface area contributed by atoms with Crippen LogP contribution in [0.25, 0.3) is 0 Å². The van der Waals surface area contributed by atoms with Crippen LogP contribution in [-0.2, 0) is 19.1 Å². The van der Waals surface area contributed by atoms with Gasteiger partial charge < -0.3 is 19.6 Å². The highest BCUT2D eigenvalue weighted by molar-refractivity contribution is 8.02. The summed E-state index contributed by atoms with van der Waals surface area (Å²) in [7, 11) is 0. The van der Waals surface area contributed by atoms with Gasteiger partial charge in [0.25, 0.3) is 0 Å². The number of amides is 2. The number of thioether (sulfide) groups is 1. The summed E-state index contributed by atoms with van der Waals surface area (Å²) in [6.07, 6.45) is 9.22. The van der Waals surface area contributed by atoms with Gasteiger partial charge in [0.05, 0.1) is 29.2 Å². The van der Waals surface area contributed by atoms with Gasteiger partial charge in [-0.3, -0.25) is 14.4 Å². The zero-order valence-corrected chi connectivity index (χ0v) is 24.4. The molecule has 6 atom stereocenters. The van der Waals surface area contributed by atoms with E-state index in [4.69, 9.17) is 4.74 Å². The maximum atomic E-state index is 14.7. The van der Waals surface area contributed by atoms with E-state index in [1.807, 2.05) is 50.0 Å². The lowest BCUT2D eigenvalue weighted by Crippen LogP contribution is -2.60. The number of aliphatic hydroxyl groups is 1. The van der Waals surface area contributed by atoms with Gasteiger partial charge in [-0.05, 0) is 51.0 Å². The molecule has 0 bridgehead atoms. The van der Waals surface area contributed by atoms with Crippen LogP contribution in [0.15, 0.2) is 24.3 Å². The maximum absolute atomic E-state index is 14.7. The van der Waals surface area contributed by atoms with Crippen molar-refractivity contribution in [1.82, 2.24) is 9.80 Å². The van der Waals surface area contributed by atoms with Crippen LogP contribution < -0.4 is 0 Å². The van der Waals surface area contributed by atoms with Gasteiger partial charge in [-0.25, -0.2) is 0 Å². The molecule has 0 aromatic heterocycles. The number of carbonyl (C=O) groups is 3. The van der Waals surface area contributed by atoms with Crippen LogP contribution >= 0.6 is 11.8 Å².